The highest BCUT2D eigenvalue weighted by Crippen LogP contribution is 2.18. The SMILES string of the molecule is CC(C)(CCO)CNC(=O)c1cccc([N+](=O)[O-])c1. The topological polar surface area (TPSA) is 92.5 Å². The summed E-state index contributed by atoms with van der Waals surface area (Å²) in [6.45, 7) is 4.31. The molecule has 0 aliphatic rings. The van der Waals surface area contributed by atoms with Gasteiger partial charge >= 0.3 is 0 Å². The van der Waals surface area contributed by atoms with Crippen molar-refractivity contribution < 1.29 is 14.8 Å². The standard InChI is InChI=1S/C13H18N2O4/c1-13(2,6-7-16)9-14-12(17)10-4-3-5-11(8-10)15(18)19/h3-5,8,16H,6-7,9H2,1-2H3,(H,14,17). The molecule has 6 heteroatoms. The number of carbonyl (C=O) groups is 1. The summed E-state index contributed by atoms with van der Waals surface area (Å²) in [4.78, 5) is 22.0. The molecule has 1 aromatic carbocycles. The van der Waals surface area contributed by atoms with E-state index in [1.165, 1.54) is 24.3 Å². The van der Waals surface area contributed by atoms with Crippen LogP contribution in [0.2, 0.25) is 0 Å². The zero-order valence-electron chi connectivity index (χ0n) is 11.0. The van der Waals surface area contributed by atoms with E-state index in [9.17, 15) is 14.9 Å². The summed E-state index contributed by atoms with van der Waals surface area (Å²) in [5.74, 6) is -0.352. The van der Waals surface area contributed by atoms with Gasteiger partial charge in [0.2, 0.25) is 0 Å². The van der Waals surface area contributed by atoms with Crippen molar-refractivity contribution in [1.82, 2.24) is 5.32 Å². The quantitative estimate of drug-likeness (QED) is 0.605. The van der Waals surface area contributed by atoms with E-state index in [2.05, 4.69) is 5.32 Å². The van der Waals surface area contributed by atoms with Crippen molar-refractivity contribution in [1.29, 1.82) is 0 Å². The van der Waals surface area contributed by atoms with Gasteiger partial charge in [-0.1, -0.05) is 19.9 Å². The Bertz CT molecular complexity index is 471. The molecule has 6 nitrogen and oxygen atoms in total. The zero-order valence-corrected chi connectivity index (χ0v) is 11.0. The molecule has 1 amide bonds. The van der Waals surface area contributed by atoms with Gasteiger partial charge in [-0.2, -0.15) is 0 Å². The number of aliphatic hydroxyl groups excluding tert-OH is 1. The fourth-order valence-electron chi connectivity index (χ4n) is 1.57. The van der Waals surface area contributed by atoms with Crippen LogP contribution in [0.25, 0.3) is 0 Å². The van der Waals surface area contributed by atoms with Crippen LogP contribution in [-0.2, 0) is 0 Å². The molecule has 104 valence electrons. The molecule has 0 bridgehead atoms. The summed E-state index contributed by atoms with van der Waals surface area (Å²) < 4.78 is 0. The number of rotatable bonds is 6. The Morgan fingerprint density at radius 3 is 2.74 bits per heavy atom. The number of non-ortho nitro benzene ring substituents is 1. The summed E-state index contributed by atoms with van der Waals surface area (Å²) in [7, 11) is 0. The average Bonchev–Trinajstić information content (AvgIpc) is 2.36. The Kier molecular flexibility index (Phi) is 5.00. The van der Waals surface area contributed by atoms with E-state index >= 15 is 0 Å². The summed E-state index contributed by atoms with van der Waals surface area (Å²) in [6.07, 6.45) is 0.572. The van der Waals surface area contributed by atoms with Gasteiger partial charge in [-0.25, -0.2) is 0 Å². The molecule has 0 saturated carbocycles. The first-order valence-corrected chi connectivity index (χ1v) is 5.99. The molecule has 0 heterocycles. The van der Waals surface area contributed by atoms with E-state index in [4.69, 9.17) is 5.11 Å². The van der Waals surface area contributed by atoms with Crippen molar-refractivity contribution in [3.05, 3.63) is 39.9 Å². The molecule has 1 rings (SSSR count). The lowest BCUT2D eigenvalue weighted by atomic mass is 9.89. The number of nitro groups is 1. The maximum Gasteiger partial charge on any atom is 0.270 e. The second kappa shape index (κ2) is 6.29. The van der Waals surface area contributed by atoms with Gasteiger partial charge in [-0.15, -0.1) is 0 Å². The Morgan fingerprint density at radius 2 is 2.16 bits per heavy atom. The second-order valence-corrected chi connectivity index (χ2v) is 5.13. The molecular formula is C13H18N2O4. The molecule has 0 radical (unpaired) electrons. The predicted molar refractivity (Wildman–Crippen MR) is 70.9 cm³/mol. The first-order chi connectivity index (χ1) is 8.85. The summed E-state index contributed by atoms with van der Waals surface area (Å²) >= 11 is 0. The molecule has 0 fully saturated rings. The highest BCUT2D eigenvalue weighted by Gasteiger charge is 2.19. The molecule has 1 aromatic rings. The molecule has 2 N–H and O–H groups in total. The number of carbonyl (C=O) groups excluding carboxylic acids is 1. The maximum absolute atomic E-state index is 11.9. The zero-order chi connectivity index (χ0) is 14.5. The van der Waals surface area contributed by atoms with Crippen LogP contribution in [0, 0.1) is 15.5 Å². The minimum Gasteiger partial charge on any atom is -0.396 e. The highest BCUT2D eigenvalue weighted by atomic mass is 16.6. The number of nitrogens with one attached hydrogen (secondary N) is 1. The Balaban J connectivity index is 2.68. The van der Waals surface area contributed by atoms with Crippen LogP contribution in [0.4, 0.5) is 5.69 Å². The van der Waals surface area contributed by atoms with Crippen LogP contribution in [0.1, 0.15) is 30.6 Å². The molecule has 0 unspecified atom stereocenters. The van der Waals surface area contributed by atoms with E-state index < -0.39 is 4.92 Å². The second-order valence-electron chi connectivity index (χ2n) is 5.13. The van der Waals surface area contributed by atoms with Crippen molar-refractivity contribution in [3.8, 4) is 0 Å². The van der Waals surface area contributed by atoms with Gasteiger partial charge in [0.15, 0.2) is 0 Å². The van der Waals surface area contributed by atoms with E-state index in [1.807, 2.05) is 13.8 Å². The summed E-state index contributed by atoms with van der Waals surface area (Å²) in [5.41, 5.74) is -0.0678. The van der Waals surface area contributed by atoms with Crippen molar-refractivity contribution in [3.63, 3.8) is 0 Å². The summed E-state index contributed by atoms with van der Waals surface area (Å²) in [5, 5.41) is 22.2. The van der Waals surface area contributed by atoms with E-state index in [-0.39, 0.29) is 29.2 Å². The maximum atomic E-state index is 11.9. The first kappa shape index (κ1) is 15.1. The van der Waals surface area contributed by atoms with Crippen molar-refractivity contribution in [2.75, 3.05) is 13.2 Å². The minimum atomic E-state index is -0.535. The van der Waals surface area contributed by atoms with Gasteiger partial charge < -0.3 is 10.4 Å². The van der Waals surface area contributed by atoms with E-state index in [0.717, 1.165) is 0 Å². The number of hydrogen-bond donors (Lipinski definition) is 2. The number of benzene rings is 1. The number of hydrogen-bond acceptors (Lipinski definition) is 4. The molecule has 0 spiro atoms. The largest absolute Gasteiger partial charge is 0.396 e. The number of aliphatic hydroxyl groups is 1. The van der Waals surface area contributed by atoms with Crippen molar-refractivity contribution >= 4 is 11.6 Å². The fourth-order valence-corrected chi connectivity index (χ4v) is 1.57. The van der Waals surface area contributed by atoms with Gasteiger partial charge in [0.25, 0.3) is 11.6 Å². The molecule has 0 atom stereocenters. The average molecular weight is 266 g/mol. The smallest absolute Gasteiger partial charge is 0.270 e. The molecule has 0 aliphatic carbocycles. The van der Waals surface area contributed by atoms with Crippen LogP contribution in [-0.4, -0.2) is 29.1 Å². The summed E-state index contributed by atoms with van der Waals surface area (Å²) in [6, 6.07) is 5.59. The van der Waals surface area contributed by atoms with Crippen LogP contribution in [0.5, 0.6) is 0 Å². The number of nitrogens with zero attached hydrogens (tertiary/aromatic N) is 1. The van der Waals surface area contributed by atoms with Crippen LogP contribution < -0.4 is 5.32 Å². The minimum absolute atomic E-state index is 0.0552. The van der Waals surface area contributed by atoms with Gasteiger partial charge in [-0.3, -0.25) is 14.9 Å². The third kappa shape index (κ3) is 4.67. The third-order valence-electron chi connectivity index (χ3n) is 2.84. The lowest BCUT2D eigenvalue weighted by Crippen LogP contribution is -2.34. The van der Waals surface area contributed by atoms with E-state index in [1.54, 1.807) is 0 Å². The number of amides is 1. The van der Waals surface area contributed by atoms with Crippen LogP contribution >= 0.6 is 0 Å². The molecule has 0 aliphatic heterocycles. The monoisotopic (exact) mass is 266 g/mol. The fraction of sp³-hybridized carbons (Fsp3) is 0.462. The van der Waals surface area contributed by atoms with Gasteiger partial charge in [0, 0.05) is 30.8 Å². The third-order valence-corrected chi connectivity index (χ3v) is 2.84. The van der Waals surface area contributed by atoms with Crippen LogP contribution in [0.15, 0.2) is 24.3 Å². The predicted octanol–water partition coefficient (Wildman–Crippen LogP) is 1.73. The molecule has 0 aromatic heterocycles. The lowest BCUT2D eigenvalue weighted by Gasteiger charge is -2.23. The van der Waals surface area contributed by atoms with Crippen molar-refractivity contribution in [2.24, 2.45) is 5.41 Å². The molecular weight excluding hydrogens is 248 g/mol. The van der Waals surface area contributed by atoms with E-state index in [0.29, 0.717) is 13.0 Å². The Morgan fingerprint density at radius 1 is 1.47 bits per heavy atom. The number of nitro benzene ring substituents is 1. The Hall–Kier alpha value is -1.95. The first-order valence-electron chi connectivity index (χ1n) is 5.99. The lowest BCUT2D eigenvalue weighted by molar-refractivity contribution is -0.384. The Labute approximate surface area is 111 Å². The van der Waals surface area contributed by atoms with Crippen LogP contribution in [0.3, 0.4) is 0 Å². The highest BCUT2D eigenvalue weighted by molar-refractivity contribution is 5.94. The molecule has 0 saturated heterocycles. The van der Waals surface area contributed by atoms with Gasteiger partial charge in [0.05, 0.1) is 4.92 Å². The normalized spacial score (nSPS) is 11.1. The molecule has 19 heavy (non-hydrogen) atoms. The van der Waals surface area contributed by atoms with Gasteiger partial charge in [0.1, 0.15) is 0 Å². The van der Waals surface area contributed by atoms with Gasteiger partial charge in [-0.05, 0) is 17.9 Å². The van der Waals surface area contributed by atoms with Crippen molar-refractivity contribution in [2.45, 2.75) is 20.3 Å².